The van der Waals surface area contributed by atoms with Gasteiger partial charge in [0, 0.05) is 18.8 Å². The minimum Gasteiger partial charge on any atom is -0.357 e. The van der Waals surface area contributed by atoms with Crippen molar-refractivity contribution >= 4 is 17.3 Å². The fourth-order valence-corrected chi connectivity index (χ4v) is 1.54. The van der Waals surface area contributed by atoms with E-state index in [1.807, 2.05) is 54.4 Å². The maximum atomic E-state index is 8.52. The lowest BCUT2D eigenvalue weighted by Crippen LogP contribution is -2.12. The van der Waals surface area contributed by atoms with E-state index in [-0.39, 0.29) is 6.54 Å². The Morgan fingerprint density at radius 1 is 1.28 bits per heavy atom. The van der Waals surface area contributed by atoms with E-state index in [9.17, 15) is 0 Å². The Hall–Kier alpha value is -2.61. The molecule has 0 aliphatic rings. The zero-order valence-electron chi connectivity index (χ0n) is 10.0. The molecular weight excluding hydrogens is 226 g/mol. The average Bonchev–Trinajstić information content (AvgIpc) is 2.45. The predicted octanol–water partition coefficient (Wildman–Crippen LogP) is 2.18. The van der Waals surface area contributed by atoms with Gasteiger partial charge in [-0.3, -0.25) is 0 Å². The Bertz CT molecular complexity index is 547. The van der Waals surface area contributed by atoms with Gasteiger partial charge in [0.15, 0.2) is 0 Å². The molecule has 0 atom stereocenters. The van der Waals surface area contributed by atoms with Crippen LogP contribution < -0.4 is 10.2 Å². The molecule has 2 rings (SSSR count). The Morgan fingerprint density at radius 2 is 2.06 bits per heavy atom. The molecule has 0 fully saturated rings. The highest BCUT2D eigenvalue weighted by Gasteiger charge is 2.05. The molecule has 1 heterocycles. The van der Waals surface area contributed by atoms with Crippen molar-refractivity contribution < 1.29 is 0 Å². The molecule has 2 aromatic rings. The molecule has 0 radical (unpaired) electrons. The predicted molar refractivity (Wildman–Crippen MR) is 70.6 cm³/mol. The van der Waals surface area contributed by atoms with Crippen molar-refractivity contribution in [2.75, 3.05) is 23.8 Å². The van der Waals surface area contributed by atoms with Crippen LogP contribution >= 0.6 is 0 Å². The van der Waals surface area contributed by atoms with E-state index in [4.69, 9.17) is 5.26 Å². The Kier molecular flexibility index (Phi) is 3.72. The molecule has 90 valence electrons. The summed E-state index contributed by atoms with van der Waals surface area (Å²) in [5.41, 5.74) is 1.04. The molecule has 1 aromatic heterocycles. The summed E-state index contributed by atoms with van der Waals surface area (Å²) in [6.45, 7) is 0.228. The molecule has 0 amide bonds. The number of anilines is 3. The lowest BCUT2D eigenvalue weighted by molar-refractivity contribution is 1.07. The lowest BCUT2D eigenvalue weighted by atomic mass is 10.3. The van der Waals surface area contributed by atoms with Crippen LogP contribution in [0.1, 0.15) is 0 Å². The average molecular weight is 239 g/mol. The monoisotopic (exact) mass is 239 g/mol. The van der Waals surface area contributed by atoms with E-state index in [1.165, 1.54) is 6.33 Å². The first-order valence-electron chi connectivity index (χ1n) is 5.53. The number of hydrogen-bond donors (Lipinski definition) is 1. The van der Waals surface area contributed by atoms with Crippen molar-refractivity contribution in [2.24, 2.45) is 0 Å². The fraction of sp³-hybridized carbons (Fsp3) is 0.154. The largest absolute Gasteiger partial charge is 0.357 e. The van der Waals surface area contributed by atoms with Crippen LogP contribution in [0.15, 0.2) is 42.7 Å². The molecule has 18 heavy (non-hydrogen) atoms. The van der Waals surface area contributed by atoms with Crippen molar-refractivity contribution in [1.82, 2.24) is 9.97 Å². The lowest BCUT2D eigenvalue weighted by Gasteiger charge is -2.18. The highest BCUT2D eigenvalue weighted by molar-refractivity contribution is 5.61. The number of benzene rings is 1. The normalized spacial score (nSPS) is 9.56. The van der Waals surface area contributed by atoms with Crippen LogP contribution in [0.2, 0.25) is 0 Å². The molecule has 5 heteroatoms. The van der Waals surface area contributed by atoms with E-state index >= 15 is 0 Å². The molecule has 0 unspecified atom stereocenters. The quantitative estimate of drug-likeness (QED) is 0.828. The summed E-state index contributed by atoms with van der Waals surface area (Å²) >= 11 is 0. The summed E-state index contributed by atoms with van der Waals surface area (Å²) in [6, 6.07) is 13.7. The molecule has 0 aliphatic carbocycles. The van der Waals surface area contributed by atoms with Gasteiger partial charge in [0.25, 0.3) is 0 Å². The van der Waals surface area contributed by atoms with Gasteiger partial charge < -0.3 is 10.2 Å². The standard InChI is InChI=1S/C13H13N5/c1-18(11-5-3-2-4-6-11)13-9-12(15-8-7-14)16-10-17-13/h2-6,9-10H,8H2,1H3,(H,15,16,17). The Balaban J connectivity index is 2.21. The molecular formula is C13H13N5. The van der Waals surface area contributed by atoms with Crippen LogP contribution in [0, 0.1) is 11.3 Å². The van der Waals surface area contributed by atoms with Crippen molar-refractivity contribution in [2.45, 2.75) is 0 Å². The SMILES string of the molecule is CN(c1ccccc1)c1cc(NCC#N)ncn1. The summed E-state index contributed by atoms with van der Waals surface area (Å²) < 4.78 is 0. The van der Waals surface area contributed by atoms with Crippen LogP contribution in [0.3, 0.4) is 0 Å². The molecule has 0 saturated heterocycles. The number of nitrogens with zero attached hydrogens (tertiary/aromatic N) is 4. The van der Waals surface area contributed by atoms with E-state index in [1.54, 1.807) is 0 Å². The van der Waals surface area contributed by atoms with Gasteiger partial charge >= 0.3 is 0 Å². The highest BCUT2D eigenvalue weighted by atomic mass is 15.2. The smallest absolute Gasteiger partial charge is 0.138 e. The van der Waals surface area contributed by atoms with Gasteiger partial charge in [-0.1, -0.05) is 18.2 Å². The second-order valence-electron chi connectivity index (χ2n) is 3.67. The van der Waals surface area contributed by atoms with E-state index < -0.39 is 0 Å². The zero-order chi connectivity index (χ0) is 12.8. The number of nitrogens with one attached hydrogen (secondary N) is 1. The van der Waals surface area contributed by atoms with Crippen LogP contribution in [0.25, 0.3) is 0 Å². The van der Waals surface area contributed by atoms with Crippen LogP contribution in [-0.4, -0.2) is 23.6 Å². The minimum absolute atomic E-state index is 0.228. The summed E-state index contributed by atoms with van der Waals surface area (Å²) in [6.07, 6.45) is 1.48. The van der Waals surface area contributed by atoms with Gasteiger partial charge in [-0.2, -0.15) is 5.26 Å². The van der Waals surface area contributed by atoms with E-state index in [0.29, 0.717) is 5.82 Å². The van der Waals surface area contributed by atoms with Gasteiger partial charge in [-0.05, 0) is 12.1 Å². The zero-order valence-corrected chi connectivity index (χ0v) is 10.0. The molecule has 0 aliphatic heterocycles. The molecule has 0 bridgehead atoms. The third-order valence-electron chi connectivity index (χ3n) is 2.49. The first-order valence-corrected chi connectivity index (χ1v) is 5.53. The maximum absolute atomic E-state index is 8.52. The van der Waals surface area contributed by atoms with Crippen LogP contribution in [-0.2, 0) is 0 Å². The van der Waals surface area contributed by atoms with Gasteiger partial charge in [-0.25, -0.2) is 9.97 Å². The summed E-state index contributed by atoms with van der Waals surface area (Å²) in [5, 5.41) is 11.4. The summed E-state index contributed by atoms with van der Waals surface area (Å²) in [5.74, 6) is 1.42. The van der Waals surface area contributed by atoms with Gasteiger partial charge in [0.2, 0.25) is 0 Å². The number of rotatable bonds is 4. The number of aromatic nitrogens is 2. The third kappa shape index (κ3) is 2.74. The van der Waals surface area contributed by atoms with Crippen LogP contribution in [0.4, 0.5) is 17.3 Å². The van der Waals surface area contributed by atoms with E-state index in [2.05, 4.69) is 15.3 Å². The van der Waals surface area contributed by atoms with Gasteiger partial charge in [0.1, 0.15) is 24.5 Å². The molecule has 0 spiro atoms. The number of nitriles is 1. The molecule has 0 saturated carbocycles. The van der Waals surface area contributed by atoms with Crippen molar-refractivity contribution in [3.8, 4) is 6.07 Å². The fourth-order valence-electron chi connectivity index (χ4n) is 1.54. The van der Waals surface area contributed by atoms with E-state index in [0.717, 1.165) is 11.5 Å². The summed E-state index contributed by atoms with van der Waals surface area (Å²) in [4.78, 5) is 10.2. The van der Waals surface area contributed by atoms with Crippen molar-refractivity contribution in [3.05, 3.63) is 42.7 Å². The first kappa shape index (κ1) is 11.9. The molecule has 5 nitrogen and oxygen atoms in total. The topological polar surface area (TPSA) is 64.8 Å². The van der Waals surface area contributed by atoms with Crippen molar-refractivity contribution in [3.63, 3.8) is 0 Å². The third-order valence-corrected chi connectivity index (χ3v) is 2.49. The Morgan fingerprint density at radius 3 is 2.78 bits per heavy atom. The Labute approximate surface area is 106 Å². The first-order chi connectivity index (χ1) is 8.81. The summed E-state index contributed by atoms with van der Waals surface area (Å²) in [7, 11) is 1.94. The molecule has 1 N–H and O–H groups in total. The second-order valence-corrected chi connectivity index (χ2v) is 3.67. The second kappa shape index (κ2) is 5.64. The van der Waals surface area contributed by atoms with Crippen molar-refractivity contribution in [1.29, 1.82) is 5.26 Å². The highest BCUT2D eigenvalue weighted by Crippen LogP contribution is 2.21. The van der Waals surface area contributed by atoms with Gasteiger partial charge in [-0.15, -0.1) is 0 Å². The number of hydrogen-bond acceptors (Lipinski definition) is 5. The van der Waals surface area contributed by atoms with Crippen LogP contribution in [0.5, 0.6) is 0 Å². The van der Waals surface area contributed by atoms with Gasteiger partial charge in [0.05, 0.1) is 6.07 Å². The molecule has 1 aromatic carbocycles. The minimum atomic E-state index is 0.228. The maximum Gasteiger partial charge on any atom is 0.138 e. The number of para-hydroxylation sites is 1.